The summed E-state index contributed by atoms with van der Waals surface area (Å²) in [6.07, 6.45) is 3.75. The van der Waals surface area contributed by atoms with Gasteiger partial charge >= 0.3 is 5.97 Å². The van der Waals surface area contributed by atoms with Crippen molar-refractivity contribution in [1.29, 1.82) is 0 Å². The molecular formula is C21H30IN5O2. The number of carbonyl (C=O) groups excluding carboxylic acids is 1. The monoisotopic (exact) mass is 511 g/mol. The number of carbonyl (C=O) groups is 1. The molecule has 1 aromatic carbocycles. The van der Waals surface area contributed by atoms with E-state index >= 15 is 0 Å². The third-order valence-electron chi connectivity index (χ3n) is 5.06. The first-order valence-electron chi connectivity index (χ1n) is 9.77. The Labute approximate surface area is 189 Å². The highest BCUT2D eigenvalue weighted by molar-refractivity contribution is 14.0. The van der Waals surface area contributed by atoms with Gasteiger partial charge in [-0.2, -0.15) is 5.10 Å². The van der Waals surface area contributed by atoms with Crippen molar-refractivity contribution in [3.8, 4) is 0 Å². The fourth-order valence-electron chi connectivity index (χ4n) is 3.60. The largest absolute Gasteiger partial charge is 0.469 e. The van der Waals surface area contributed by atoms with Gasteiger partial charge in [-0.05, 0) is 30.0 Å². The summed E-state index contributed by atoms with van der Waals surface area (Å²) in [7, 11) is 1.45. The average Bonchev–Trinajstić information content (AvgIpc) is 3.34. The molecule has 1 fully saturated rings. The van der Waals surface area contributed by atoms with E-state index in [1.165, 1.54) is 12.7 Å². The number of likely N-dealkylation sites (tertiary alicyclic amines) is 1. The molecule has 0 bridgehead atoms. The van der Waals surface area contributed by atoms with Crippen LogP contribution in [-0.2, 0) is 22.6 Å². The zero-order valence-electron chi connectivity index (χ0n) is 17.2. The molecule has 2 unspecified atom stereocenters. The molecule has 29 heavy (non-hydrogen) atoms. The Morgan fingerprint density at radius 2 is 2.10 bits per heavy atom. The van der Waals surface area contributed by atoms with E-state index in [9.17, 15) is 4.79 Å². The molecule has 2 atom stereocenters. The molecule has 1 aromatic heterocycles. The Hall–Kier alpha value is -2.10. The molecule has 158 valence electrons. The highest BCUT2D eigenvalue weighted by Crippen LogP contribution is 2.24. The molecular weight excluding hydrogens is 481 g/mol. The number of ether oxygens (including phenoxy) is 1. The number of aromatic nitrogens is 2. The van der Waals surface area contributed by atoms with Crippen molar-refractivity contribution in [2.24, 2.45) is 16.8 Å². The Kier molecular flexibility index (Phi) is 8.94. The maximum Gasteiger partial charge on any atom is 0.310 e. The molecule has 0 saturated carbocycles. The summed E-state index contributed by atoms with van der Waals surface area (Å²) in [5.41, 5.74) is 2.35. The number of hydrogen-bond acceptors (Lipinski definition) is 4. The van der Waals surface area contributed by atoms with E-state index in [0.717, 1.165) is 31.2 Å². The summed E-state index contributed by atoms with van der Waals surface area (Å²) in [4.78, 5) is 19.0. The van der Waals surface area contributed by atoms with E-state index in [1.807, 2.05) is 16.9 Å². The van der Waals surface area contributed by atoms with Crippen LogP contribution in [0.3, 0.4) is 0 Å². The van der Waals surface area contributed by atoms with Crippen LogP contribution in [0, 0.1) is 11.8 Å². The second-order valence-corrected chi connectivity index (χ2v) is 7.21. The molecule has 2 aromatic rings. The summed E-state index contributed by atoms with van der Waals surface area (Å²) in [6.45, 7) is 7.69. The summed E-state index contributed by atoms with van der Waals surface area (Å²) >= 11 is 0. The highest BCUT2D eigenvalue weighted by atomic mass is 127. The number of nitrogens with one attached hydrogen (secondary N) is 1. The Bertz CT molecular complexity index is 809. The van der Waals surface area contributed by atoms with Crippen LogP contribution in [0.25, 0.3) is 0 Å². The van der Waals surface area contributed by atoms with E-state index in [0.29, 0.717) is 13.1 Å². The van der Waals surface area contributed by atoms with Crippen molar-refractivity contribution < 1.29 is 9.53 Å². The fourth-order valence-corrected chi connectivity index (χ4v) is 3.60. The maximum absolute atomic E-state index is 12.0. The van der Waals surface area contributed by atoms with Crippen molar-refractivity contribution in [3.63, 3.8) is 0 Å². The molecule has 3 rings (SSSR count). The van der Waals surface area contributed by atoms with E-state index in [1.54, 1.807) is 6.20 Å². The smallest absolute Gasteiger partial charge is 0.310 e. The Morgan fingerprint density at radius 3 is 2.79 bits per heavy atom. The van der Waals surface area contributed by atoms with Crippen LogP contribution >= 0.6 is 24.0 Å². The molecule has 1 aliphatic heterocycles. The molecule has 0 aliphatic carbocycles. The van der Waals surface area contributed by atoms with Gasteiger partial charge < -0.3 is 15.0 Å². The standard InChI is InChI=1S/C21H29N5O2.HI/c1-4-22-21(25-13-16(2)19(15-25)20(27)28-3)23-12-17-7-5-8-18(11-17)14-26-10-6-9-24-26;/h5-11,16,19H,4,12-15H2,1-3H3,(H,22,23);1H. The minimum Gasteiger partial charge on any atom is -0.469 e. The number of benzene rings is 1. The zero-order valence-corrected chi connectivity index (χ0v) is 19.6. The zero-order chi connectivity index (χ0) is 19.9. The number of halogens is 1. The van der Waals surface area contributed by atoms with E-state index in [-0.39, 0.29) is 41.8 Å². The number of esters is 1. The molecule has 1 saturated heterocycles. The van der Waals surface area contributed by atoms with Gasteiger partial charge in [0.15, 0.2) is 5.96 Å². The SMILES string of the molecule is CCNC(=NCc1cccc(Cn2cccn2)c1)N1CC(C)C(C(=O)OC)C1.I. The lowest BCUT2D eigenvalue weighted by atomic mass is 9.99. The summed E-state index contributed by atoms with van der Waals surface area (Å²) < 4.78 is 6.85. The fraction of sp³-hybridized carbons (Fsp3) is 0.476. The van der Waals surface area contributed by atoms with E-state index < -0.39 is 0 Å². The third-order valence-corrected chi connectivity index (χ3v) is 5.06. The lowest BCUT2D eigenvalue weighted by molar-refractivity contribution is -0.145. The number of nitrogens with zero attached hydrogens (tertiary/aromatic N) is 4. The van der Waals surface area contributed by atoms with Crippen molar-refractivity contribution >= 4 is 35.9 Å². The van der Waals surface area contributed by atoms with Gasteiger partial charge in [-0.3, -0.25) is 9.48 Å². The van der Waals surface area contributed by atoms with Gasteiger partial charge in [0.05, 0.1) is 26.1 Å². The second-order valence-electron chi connectivity index (χ2n) is 7.21. The van der Waals surface area contributed by atoms with Crippen LogP contribution in [0.4, 0.5) is 0 Å². The highest BCUT2D eigenvalue weighted by Gasteiger charge is 2.36. The molecule has 2 heterocycles. The van der Waals surface area contributed by atoms with Crippen molar-refractivity contribution in [3.05, 3.63) is 53.9 Å². The van der Waals surface area contributed by atoms with Crippen LogP contribution in [0.5, 0.6) is 0 Å². The van der Waals surface area contributed by atoms with Crippen molar-refractivity contribution in [2.45, 2.75) is 26.9 Å². The van der Waals surface area contributed by atoms with Gasteiger partial charge in [-0.15, -0.1) is 24.0 Å². The Morgan fingerprint density at radius 1 is 1.31 bits per heavy atom. The number of guanidine groups is 1. The first kappa shape index (κ1) is 23.2. The van der Waals surface area contributed by atoms with Gasteiger partial charge in [0, 0.05) is 32.0 Å². The van der Waals surface area contributed by atoms with Crippen molar-refractivity contribution in [1.82, 2.24) is 20.0 Å². The number of rotatable bonds is 6. The van der Waals surface area contributed by atoms with Crippen LogP contribution in [0.1, 0.15) is 25.0 Å². The van der Waals surface area contributed by atoms with E-state index in [4.69, 9.17) is 9.73 Å². The number of hydrogen-bond donors (Lipinski definition) is 1. The lowest BCUT2D eigenvalue weighted by Gasteiger charge is -2.21. The predicted octanol–water partition coefficient (Wildman–Crippen LogP) is 2.76. The number of methoxy groups -OCH3 is 1. The molecule has 0 amide bonds. The van der Waals surface area contributed by atoms with Gasteiger partial charge in [0.2, 0.25) is 0 Å². The summed E-state index contributed by atoms with van der Waals surface area (Å²) in [6, 6.07) is 10.3. The minimum absolute atomic E-state index is 0. The molecule has 0 spiro atoms. The third kappa shape index (κ3) is 6.19. The maximum atomic E-state index is 12.0. The normalized spacial score (nSPS) is 19.0. The van der Waals surface area contributed by atoms with Gasteiger partial charge in [-0.25, -0.2) is 4.99 Å². The molecule has 8 heteroatoms. The van der Waals surface area contributed by atoms with Crippen molar-refractivity contribution in [2.75, 3.05) is 26.7 Å². The molecule has 1 N–H and O–H groups in total. The van der Waals surface area contributed by atoms with Crippen LogP contribution in [0.15, 0.2) is 47.7 Å². The van der Waals surface area contributed by atoms with Gasteiger partial charge in [-0.1, -0.05) is 31.2 Å². The first-order valence-corrected chi connectivity index (χ1v) is 9.77. The van der Waals surface area contributed by atoms with Gasteiger partial charge in [0.1, 0.15) is 0 Å². The molecule has 0 radical (unpaired) electrons. The number of aliphatic imine (C=N–C) groups is 1. The second kappa shape index (κ2) is 11.2. The van der Waals surface area contributed by atoms with Crippen LogP contribution in [0.2, 0.25) is 0 Å². The summed E-state index contributed by atoms with van der Waals surface area (Å²) in [5.74, 6) is 0.843. The van der Waals surface area contributed by atoms with E-state index in [2.05, 4.69) is 53.4 Å². The molecule has 1 aliphatic rings. The topological polar surface area (TPSA) is 71.8 Å². The minimum atomic E-state index is -0.142. The lowest BCUT2D eigenvalue weighted by Crippen LogP contribution is -2.40. The van der Waals surface area contributed by atoms with Crippen LogP contribution < -0.4 is 5.32 Å². The quantitative estimate of drug-likeness (QED) is 0.280. The van der Waals surface area contributed by atoms with Crippen LogP contribution in [-0.4, -0.2) is 53.4 Å². The average molecular weight is 511 g/mol. The summed E-state index contributed by atoms with van der Waals surface area (Å²) in [5, 5.41) is 7.62. The first-order chi connectivity index (χ1) is 13.6. The molecule has 7 nitrogen and oxygen atoms in total. The predicted molar refractivity (Wildman–Crippen MR) is 124 cm³/mol. The van der Waals surface area contributed by atoms with Gasteiger partial charge in [0.25, 0.3) is 0 Å². The Balaban J connectivity index is 0.00000300.